The van der Waals surface area contributed by atoms with Gasteiger partial charge in [0.15, 0.2) is 9.84 Å². The summed E-state index contributed by atoms with van der Waals surface area (Å²) in [5, 5.41) is 0. The molecule has 0 aromatic heterocycles. The minimum absolute atomic E-state index is 0.00391. The van der Waals surface area contributed by atoms with Crippen molar-refractivity contribution < 1.29 is 8.42 Å². The molecule has 0 heterocycles. The first-order chi connectivity index (χ1) is 6.42. The van der Waals surface area contributed by atoms with Crippen LogP contribution in [0.4, 0.5) is 0 Å². The summed E-state index contributed by atoms with van der Waals surface area (Å²) < 4.78 is 23.3. The summed E-state index contributed by atoms with van der Waals surface area (Å²) in [6.07, 6.45) is 0. The van der Waals surface area contributed by atoms with E-state index < -0.39 is 9.84 Å². The highest BCUT2D eigenvalue weighted by atomic mass is 32.2. The summed E-state index contributed by atoms with van der Waals surface area (Å²) in [4.78, 5) is 0.348. The number of aryl methyl sites for hydroxylation is 1. The standard InChI is InChI=1S/C10H15NO2S/c1-8-3-5-10(6-4-8)14(12,13)7-9(2)11/h3-6,9H,7,11H2,1-2H3/t9-/m1/s1. The van der Waals surface area contributed by atoms with E-state index in [0.29, 0.717) is 4.90 Å². The molecule has 0 aliphatic heterocycles. The molecule has 2 N–H and O–H groups in total. The van der Waals surface area contributed by atoms with Crippen LogP contribution < -0.4 is 5.73 Å². The Balaban J connectivity index is 2.99. The van der Waals surface area contributed by atoms with Gasteiger partial charge >= 0.3 is 0 Å². The molecule has 0 bridgehead atoms. The Morgan fingerprint density at radius 1 is 1.29 bits per heavy atom. The smallest absolute Gasteiger partial charge is 0.179 e. The topological polar surface area (TPSA) is 60.2 Å². The van der Waals surface area contributed by atoms with Gasteiger partial charge in [0.2, 0.25) is 0 Å². The largest absolute Gasteiger partial charge is 0.327 e. The molecule has 0 unspecified atom stereocenters. The summed E-state index contributed by atoms with van der Waals surface area (Å²) in [6, 6.07) is 6.48. The molecular weight excluding hydrogens is 198 g/mol. The second-order valence-corrected chi connectivity index (χ2v) is 5.61. The van der Waals surface area contributed by atoms with E-state index in [1.165, 1.54) is 0 Å². The van der Waals surface area contributed by atoms with Gasteiger partial charge in [-0.15, -0.1) is 0 Å². The third kappa shape index (κ3) is 2.82. The van der Waals surface area contributed by atoms with Gasteiger partial charge in [0.05, 0.1) is 10.6 Å². The van der Waals surface area contributed by atoms with Gasteiger partial charge in [0.1, 0.15) is 0 Å². The lowest BCUT2D eigenvalue weighted by molar-refractivity contribution is 0.590. The number of hydrogen-bond donors (Lipinski definition) is 1. The van der Waals surface area contributed by atoms with Crippen molar-refractivity contribution in [3.63, 3.8) is 0 Å². The van der Waals surface area contributed by atoms with Crippen molar-refractivity contribution in [3.05, 3.63) is 29.8 Å². The fourth-order valence-electron chi connectivity index (χ4n) is 1.19. The molecule has 0 saturated carbocycles. The van der Waals surface area contributed by atoms with E-state index in [1.54, 1.807) is 31.2 Å². The molecular formula is C10H15NO2S. The zero-order valence-electron chi connectivity index (χ0n) is 8.40. The summed E-state index contributed by atoms with van der Waals surface area (Å²) in [5.41, 5.74) is 6.51. The predicted octanol–water partition coefficient (Wildman–Crippen LogP) is 1.12. The summed E-state index contributed by atoms with van der Waals surface area (Å²) >= 11 is 0. The number of sulfone groups is 1. The molecule has 0 radical (unpaired) electrons. The Kier molecular flexibility index (Phi) is 3.29. The minimum atomic E-state index is -3.20. The molecule has 14 heavy (non-hydrogen) atoms. The van der Waals surface area contributed by atoms with Crippen LogP contribution in [0.3, 0.4) is 0 Å². The molecule has 1 aromatic carbocycles. The molecule has 78 valence electrons. The van der Waals surface area contributed by atoms with Crippen molar-refractivity contribution in [2.24, 2.45) is 5.73 Å². The average Bonchev–Trinajstić information content (AvgIpc) is 2.02. The highest BCUT2D eigenvalue weighted by molar-refractivity contribution is 7.91. The van der Waals surface area contributed by atoms with Gasteiger partial charge < -0.3 is 5.73 Å². The maximum Gasteiger partial charge on any atom is 0.179 e. The molecule has 0 aliphatic rings. The van der Waals surface area contributed by atoms with Crippen LogP contribution in [0.15, 0.2) is 29.2 Å². The molecule has 0 aliphatic carbocycles. The van der Waals surface area contributed by atoms with Crippen molar-refractivity contribution >= 4 is 9.84 Å². The van der Waals surface area contributed by atoms with Crippen LogP contribution in [0, 0.1) is 6.92 Å². The predicted molar refractivity (Wildman–Crippen MR) is 56.9 cm³/mol. The van der Waals surface area contributed by atoms with Crippen molar-refractivity contribution in [1.82, 2.24) is 0 Å². The van der Waals surface area contributed by atoms with Crippen LogP contribution in [-0.4, -0.2) is 20.2 Å². The quantitative estimate of drug-likeness (QED) is 0.818. The fourth-order valence-corrected chi connectivity index (χ4v) is 2.62. The molecule has 0 amide bonds. The summed E-state index contributed by atoms with van der Waals surface area (Å²) in [6.45, 7) is 3.60. The molecule has 1 atom stereocenters. The van der Waals surface area contributed by atoms with E-state index in [0.717, 1.165) is 5.56 Å². The lowest BCUT2D eigenvalue weighted by atomic mass is 10.2. The number of nitrogens with two attached hydrogens (primary N) is 1. The highest BCUT2D eigenvalue weighted by Gasteiger charge is 2.15. The van der Waals surface area contributed by atoms with Crippen LogP contribution in [-0.2, 0) is 9.84 Å². The Morgan fingerprint density at radius 3 is 2.21 bits per heavy atom. The van der Waals surface area contributed by atoms with Gasteiger partial charge in [-0.2, -0.15) is 0 Å². The van der Waals surface area contributed by atoms with Crippen LogP contribution in [0.5, 0.6) is 0 Å². The lowest BCUT2D eigenvalue weighted by Crippen LogP contribution is -2.26. The van der Waals surface area contributed by atoms with Gasteiger partial charge in [-0.25, -0.2) is 8.42 Å². The number of rotatable bonds is 3. The Bertz CT molecular complexity index is 393. The van der Waals surface area contributed by atoms with Crippen molar-refractivity contribution in [2.75, 3.05) is 5.75 Å². The van der Waals surface area contributed by atoms with Crippen molar-refractivity contribution in [1.29, 1.82) is 0 Å². The van der Waals surface area contributed by atoms with Gasteiger partial charge in [-0.3, -0.25) is 0 Å². The minimum Gasteiger partial charge on any atom is -0.327 e. The summed E-state index contributed by atoms with van der Waals surface area (Å²) in [5.74, 6) is -0.00391. The third-order valence-electron chi connectivity index (χ3n) is 1.86. The Morgan fingerprint density at radius 2 is 1.79 bits per heavy atom. The highest BCUT2D eigenvalue weighted by Crippen LogP contribution is 2.12. The zero-order chi connectivity index (χ0) is 10.8. The first-order valence-corrected chi connectivity index (χ1v) is 6.12. The number of hydrogen-bond acceptors (Lipinski definition) is 3. The molecule has 1 aromatic rings. The SMILES string of the molecule is Cc1ccc(S(=O)(=O)C[C@@H](C)N)cc1. The zero-order valence-corrected chi connectivity index (χ0v) is 9.21. The van der Waals surface area contributed by atoms with Crippen LogP contribution in [0.1, 0.15) is 12.5 Å². The lowest BCUT2D eigenvalue weighted by Gasteiger charge is -2.06. The van der Waals surface area contributed by atoms with E-state index >= 15 is 0 Å². The fraction of sp³-hybridized carbons (Fsp3) is 0.400. The van der Waals surface area contributed by atoms with E-state index in [9.17, 15) is 8.42 Å². The first kappa shape index (κ1) is 11.2. The van der Waals surface area contributed by atoms with E-state index in [-0.39, 0.29) is 11.8 Å². The summed E-state index contributed by atoms with van der Waals surface area (Å²) in [7, 11) is -3.20. The second-order valence-electron chi connectivity index (χ2n) is 3.57. The average molecular weight is 213 g/mol. The first-order valence-electron chi connectivity index (χ1n) is 4.47. The van der Waals surface area contributed by atoms with E-state index in [4.69, 9.17) is 5.73 Å². The molecule has 0 fully saturated rings. The van der Waals surface area contributed by atoms with Crippen LogP contribution in [0.2, 0.25) is 0 Å². The van der Waals surface area contributed by atoms with E-state index in [1.807, 2.05) is 6.92 Å². The van der Waals surface area contributed by atoms with E-state index in [2.05, 4.69) is 0 Å². The van der Waals surface area contributed by atoms with Crippen molar-refractivity contribution in [2.45, 2.75) is 24.8 Å². The Labute approximate surface area is 84.9 Å². The van der Waals surface area contributed by atoms with Crippen molar-refractivity contribution in [3.8, 4) is 0 Å². The van der Waals surface area contributed by atoms with Gasteiger partial charge in [-0.05, 0) is 26.0 Å². The van der Waals surface area contributed by atoms with Gasteiger partial charge in [0.25, 0.3) is 0 Å². The van der Waals surface area contributed by atoms with Gasteiger partial charge in [0, 0.05) is 6.04 Å². The normalized spacial score (nSPS) is 13.9. The molecule has 4 heteroatoms. The molecule has 0 saturated heterocycles. The monoisotopic (exact) mass is 213 g/mol. The molecule has 1 rings (SSSR count). The maximum absolute atomic E-state index is 11.7. The van der Waals surface area contributed by atoms with Gasteiger partial charge in [-0.1, -0.05) is 17.7 Å². The third-order valence-corrected chi connectivity index (χ3v) is 3.82. The Hall–Kier alpha value is -0.870. The molecule has 3 nitrogen and oxygen atoms in total. The van der Waals surface area contributed by atoms with Crippen LogP contribution in [0.25, 0.3) is 0 Å². The number of benzene rings is 1. The second kappa shape index (κ2) is 4.11. The maximum atomic E-state index is 11.7. The molecule has 0 spiro atoms. The van der Waals surface area contributed by atoms with Crippen LogP contribution >= 0.6 is 0 Å².